The van der Waals surface area contributed by atoms with Crippen LogP contribution in [0.15, 0.2) is 18.2 Å². The van der Waals surface area contributed by atoms with Gasteiger partial charge in [0.05, 0.1) is 0 Å². The molecule has 4 heteroatoms. The van der Waals surface area contributed by atoms with Crippen molar-refractivity contribution in [2.75, 3.05) is 19.6 Å². The molecule has 1 aromatic carbocycles. The average molecular weight is 295 g/mol. The van der Waals surface area contributed by atoms with Crippen LogP contribution >= 0.6 is 11.6 Å². The first kappa shape index (κ1) is 14.2. The molecule has 1 fully saturated rings. The van der Waals surface area contributed by atoms with Gasteiger partial charge in [-0.05, 0) is 50.6 Å². The van der Waals surface area contributed by atoms with Gasteiger partial charge in [0.25, 0.3) is 0 Å². The fraction of sp³-hybridized carbons (Fsp3) is 0.625. The van der Waals surface area contributed by atoms with Crippen LogP contribution < -0.4 is 10.5 Å². The highest BCUT2D eigenvalue weighted by atomic mass is 35.5. The molecule has 1 saturated heterocycles. The number of hydrogen-bond acceptors (Lipinski definition) is 3. The second-order valence-corrected chi connectivity index (χ2v) is 6.50. The standard InChI is InChI=1S/C16H23ClN2O/c1-2-19-8-3-6-16(7-9-19)11-14(18)13-10-12(17)4-5-15(13)20-16/h4-5,10,14H,2-3,6-9,11,18H2,1H3/t14-,16?/m0/s1. The predicted octanol–water partition coefficient (Wildman–Crippen LogP) is 3.37. The third-order valence-electron chi connectivity index (χ3n) is 4.73. The quantitative estimate of drug-likeness (QED) is 0.863. The van der Waals surface area contributed by atoms with Gasteiger partial charge >= 0.3 is 0 Å². The van der Waals surface area contributed by atoms with E-state index in [9.17, 15) is 0 Å². The average Bonchev–Trinajstić information content (AvgIpc) is 2.62. The molecule has 0 aliphatic carbocycles. The van der Waals surface area contributed by atoms with E-state index in [-0.39, 0.29) is 11.6 Å². The molecule has 110 valence electrons. The van der Waals surface area contributed by atoms with Crippen LogP contribution in [0, 0.1) is 0 Å². The number of benzene rings is 1. The van der Waals surface area contributed by atoms with Crippen molar-refractivity contribution in [3.05, 3.63) is 28.8 Å². The van der Waals surface area contributed by atoms with Crippen LogP contribution in [-0.4, -0.2) is 30.1 Å². The summed E-state index contributed by atoms with van der Waals surface area (Å²) in [6, 6.07) is 5.84. The molecule has 2 aliphatic heterocycles. The summed E-state index contributed by atoms with van der Waals surface area (Å²) in [7, 11) is 0. The van der Waals surface area contributed by atoms with Gasteiger partial charge in [-0.1, -0.05) is 18.5 Å². The first-order chi connectivity index (χ1) is 9.62. The number of halogens is 1. The first-order valence-electron chi connectivity index (χ1n) is 7.58. The molecule has 2 aliphatic rings. The number of nitrogens with zero attached hydrogens (tertiary/aromatic N) is 1. The molecule has 1 unspecified atom stereocenters. The number of ether oxygens (including phenoxy) is 1. The summed E-state index contributed by atoms with van der Waals surface area (Å²) in [6.45, 7) is 5.62. The van der Waals surface area contributed by atoms with E-state index in [1.54, 1.807) is 0 Å². The van der Waals surface area contributed by atoms with Crippen molar-refractivity contribution in [3.63, 3.8) is 0 Å². The maximum Gasteiger partial charge on any atom is 0.125 e. The third-order valence-corrected chi connectivity index (χ3v) is 4.96. The Balaban J connectivity index is 1.85. The normalized spacial score (nSPS) is 30.6. The lowest BCUT2D eigenvalue weighted by molar-refractivity contribution is 0.0219. The maximum absolute atomic E-state index is 6.39. The molecule has 0 amide bonds. The van der Waals surface area contributed by atoms with Crippen LogP contribution in [0.4, 0.5) is 0 Å². The summed E-state index contributed by atoms with van der Waals surface area (Å²) >= 11 is 6.07. The van der Waals surface area contributed by atoms with E-state index < -0.39 is 0 Å². The van der Waals surface area contributed by atoms with Crippen molar-refractivity contribution < 1.29 is 4.74 Å². The molecule has 0 aromatic heterocycles. The summed E-state index contributed by atoms with van der Waals surface area (Å²) in [6.07, 6.45) is 4.25. The minimum Gasteiger partial charge on any atom is -0.487 e. The molecule has 1 spiro atoms. The monoisotopic (exact) mass is 294 g/mol. The Morgan fingerprint density at radius 2 is 2.25 bits per heavy atom. The van der Waals surface area contributed by atoms with Crippen molar-refractivity contribution in [2.24, 2.45) is 5.73 Å². The van der Waals surface area contributed by atoms with Gasteiger partial charge < -0.3 is 15.4 Å². The van der Waals surface area contributed by atoms with Gasteiger partial charge in [-0.3, -0.25) is 0 Å². The molecule has 0 bridgehead atoms. The van der Waals surface area contributed by atoms with Crippen molar-refractivity contribution in [1.82, 2.24) is 4.90 Å². The number of hydrogen-bond donors (Lipinski definition) is 1. The molecule has 0 saturated carbocycles. The third kappa shape index (κ3) is 2.67. The Labute approximate surface area is 126 Å². The van der Waals surface area contributed by atoms with E-state index in [4.69, 9.17) is 22.1 Å². The first-order valence-corrected chi connectivity index (χ1v) is 7.96. The molecular weight excluding hydrogens is 272 g/mol. The molecular formula is C16H23ClN2O. The molecule has 2 N–H and O–H groups in total. The lowest BCUT2D eigenvalue weighted by atomic mass is 9.82. The van der Waals surface area contributed by atoms with Crippen molar-refractivity contribution >= 4 is 11.6 Å². The van der Waals surface area contributed by atoms with Crippen molar-refractivity contribution in [3.8, 4) is 5.75 Å². The highest BCUT2D eigenvalue weighted by Gasteiger charge is 2.40. The molecule has 3 rings (SSSR count). The fourth-order valence-corrected chi connectivity index (χ4v) is 3.71. The van der Waals surface area contributed by atoms with Crippen molar-refractivity contribution in [2.45, 2.75) is 44.2 Å². The number of likely N-dealkylation sites (tertiary alicyclic amines) is 1. The van der Waals surface area contributed by atoms with Crippen LogP contribution in [0.2, 0.25) is 5.02 Å². The van der Waals surface area contributed by atoms with Gasteiger partial charge in [0.15, 0.2) is 0 Å². The van der Waals surface area contributed by atoms with E-state index in [1.165, 1.54) is 13.0 Å². The predicted molar refractivity (Wildman–Crippen MR) is 82.3 cm³/mol. The van der Waals surface area contributed by atoms with Crippen molar-refractivity contribution in [1.29, 1.82) is 0 Å². The fourth-order valence-electron chi connectivity index (χ4n) is 3.53. The number of fused-ring (bicyclic) bond motifs is 1. The zero-order chi connectivity index (χ0) is 14.2. The smallest absolute Gasteiger partial charge is 0.125 e. The molecule has 2 atom stereocenters. The van der Waals surface area contributed by atoms with Gasteiger partial charge in [0, 0.05) is 29.6 Å². The lowest BCUT2D eigenvalue weighted by Crippen LogP contribution is -2.43. The van der Waals surface area contributed by atoms with E-state index in [2.05, 4.69) is 11.8 Å². The molecule has 20 heavy (non-hydrogen) atoms. The van der Waals surface area contributed by atoms with Gasteiger partial charge in [-0.25, -0.2) is 0 Å². The second-order valence-electron chi connectivity index (χ2n) is 6.07. The highest BCUT2D eigenvalue weighted by Crippen LogP contribution is 2.44. The Hall–Kier alpha value is -0.770. The molecule has 0 radical (unpaired) electrons. The summed E-state index contributed by atoms with van der Waals surface area (Å²) in [5.74, 6) is 0.929. The number of rotatable bonds is 1. The Kier molecular flexibility index (Phi) is 3.93. The van der Waals surface area contributed by atoms with Gasteiger partial charge in [-0.2, -0.15) is 0 Å². The molecule has 3 nitrogen and oxygen atoms in total. The Morgan fingerprint density at radius 3 is 3.05 bits per heavy atom. The van der Waals surface area contributed by atoms with Crippen LogP contribution in [0.1, 0.15) is 44.2 Å². The Bertz CT molecular complexity index is 493. The zero-order valence-electron chi connectivity index (χ0n) is 12.1. The minimum absolute atomic E-state index is 0.0330. The van der Waals surface area contributed by atoms with Crippen LogP contribution in [0.25, 0.3) is 0 Å². The zero-order valence-corrected chi connectivity index (χ0v) is 12.8. The van der Waals surface area contributed by atoms with Gasteiger partial charge in [0.2, 0.25) is 0 Å². The summed E-state index contributed by atoms with van der Waals surface area (Å²) in [4.78, 5) is 2.50. The highest BCUT2D eigenvalue weighted by molar-refractivity contribution is 6.30. The molecule has 2 heterocycles. The van der Waals surface area contributed by atoms with E-state index >= 15 is 0 Å². The number of nitrogens with two attached hydrogens (primary N) is 1. The maximum atomic E-state index is 6.39. The summed E-state index contributed by atoms with van der Waals surface area (Å²) in [5.41, 5.74) is 7.36. The van der Waals surface area contributed by atoms with Crippen LogP contribution in [0.3, 0.4) is 0 Å². The SMILES string of the molecule is CCN1CCCC2(CC1)C[C@H](N)c1cc(Cl)ccc1O2. The van der Waals surface area contributed by atoms with Crippen LogP contribution in [0.5, 0.6) is 5.75 Å². The minimum atomic E-state index is -0.0792. The van der Waals surface area contributed by atoms with E-state index in [0.717, 1.165) is 48.7 Å². The molecule has 1 aromatic rings. The van der Waals surface area contributed by atoms with E-state index in [1.807, 2.05) is 18.2 Å². The summed E-state index contributed by atoms with van der Waals surface area (Å²) in [5, 5.41) is 0.733. The second kappa shape index (κ2) is 5.55. The lowest BCUT2D eigenvalue weighted by Gasteiger charge is -2.41. The summed E-state index contributed by atoms with van der Waals surface area (Å²) < 4.78 is 6.39. The largest absolute Gasteiger partial charge is 0.487 e. The topological polar surface area (TPSA) is 38.5 Å². The van der Waals surface area contributed by atoms with E-state index in [0.29, 0.717) is 0 Å². The Morgan fingerprint density at radius 1 is 1.40 bits per heavy atom. The van der Waals surface area contributed by atoms with Gasteiger partial charge in [0.1, 0.15) is 11.4 Å². The van der Waals surface area contributed by atoms with Gasteiger partial charge in [-0.15, -0.1) is 0 Å². The van der Waals surface area contributed by atoms with Crippen LogP contribution in [-0.2, 0) is 0 Å².